The van der Waals surface area contributed by atoms with Crippen molar-refractivity contribution in [1.29, 1.82) is 0 Å². The summed E-state index contributed by atoms with van der Waals surface area (Å²) in [5.41, 5.74) is 1.01. The first-order chi connectivity index (χ1) is 12.1. The molecule has 2 heterocycles. The van der Waals surface area contributed by atoms with Gasteiger partial charge >= 0.3 is 6.03 Å². The Morgan fingerprint density at radius 2 is 2.28 bits per heavy atom. The van der Waals surface area contributed by atoms with Crippen LogP contribution in [0, 0.1) is 5.82 Å². The Kier molecular flexibility index (Phi) is 5.02. The van der Waals surface area contributed by atoms with E-state index in [1.54, 1.807) is 31.2 Å². The second-order valence-electron chi connectivity index (χ2n) is 5.96. The summed E-state index contributed by atoms with van der Waals surface area (Å²) in [5, 5.41) is 5.44. The van der Waals surface area contributed by atoms with Gasteiger partial charge in [-0.1, -0.05) is 12.1 Å². The predicted molar refractivity (Wildman–Crippen MR) is 90.1 cm³/mol. The van der Waals surface area contributed by atoms with Crippen molar-refractivity contribution in [3.63, 3.8) is 0 Å². The lowest BCUT2D eigenvalue weighted by atomic mass is 10.1. The van der Waals surface area contributed by atoms with E-state index in [0.29, 0.717) is 36.4 Å². The number of hydrogen-bond acceptors (Lipinski definition) is 3. The zero-order valence-corrected chi connectivity index (χ0v) is 13.9. The zero-order valence-electron chi connectivity index (χ0n) is 13.9. The topological polar surface area (TPSA) is 74.6 Å². The molecule has 1 aromatic carbocycles. The van der Waals surface area contributed by atoms with Gasteiger partial charge in [-0.15, -0.1) is 0 Å². The van der Waals surface area contributed by atoms with Gasteiger partial charge < -0.3 is 20.0 Å². The number of amides is 3. The van der Waals surface area contributed by atoms with E-state index in [-0.39, 0.29) is 18.5 Å². The van der Waals surface area contributed by atoms with Crippen molar-refractivity contribution in [3.8, 4) is 11.3 Å². The summed E-state index contributed by atoms with van der Waals surface area (Å²) in [4.78, 5) is 25.6. The first kappa shape index (κ1) is 17.0. The maximum Gasteiger partial charge on any atom is 0.318 e. The molecule has 0 saturated carbocycles. The lowest BCUT2D eigenvalue weighted by Gasteiger charge is -2.25. The SMILES string of the molecule is C[C@@H]1C(=O)NCCCN1C(=O)NCc1ccc(-c2ccco2)cc1F. The number of furan rings is 1. The summed E-state index contributed by atoms with van der Waals surface area (Å²) in [5.74, 6) is -0.0172. The van der Waals surface area contributed by atoms with Crippen molar-refractivity contribution in [2.24, 2.45) is 0 Å². The fourth-order valence-corrected chi connectivity index (χ4v) is 2.78. The van der Waals surface area contributed by atoms with Crippen LogP contribution in [0.3, 0.4) is 0 Å². The van der Waals surface area contributed by atoms with E-state index in [1.165, 1.54) is 17.2 Å². The van der Waals surface area contributed by atoms with Gasteiger partial charge in [0.25, 0.3) is 0 Å². The first-order valence-corrected chi connectivity index (χ1v) is 8.21. The number of nitrogens with one attached hydrogen (secondary N) is 2. The smallest absolute Gasteiger partial charge is 0.318 e. The number of hydrogen-bond donors (Lipinski definition) is 2. The fraction of sp³-hybridized carbons (Fsp3) is 0.333. The average Bonchev–Trinajstić information content (AvgIpc) is 3.08. The van der Waals surface area contributed by atoms with Crippen molar-refractivity contribution < 1.29 is 18.4 Å². The fourth-order valence-electron chi connectivity index (χ4n) is 2.78. The molecule has 1 aliphatic rings. The molecule has 0 bridgehead atoms. The molecule has 2 N–H and O–H groups in total. The summed E-state index contributed by atoms with van der Waals surface area (Å²) in [7, 11) is 0. The molecule has 7 heteroatoms. The number of nitrogens with zero attached hydrogens (tertiary/aromatic N) is 1. The minimum Gasteiger partial charge on any atom is -0.464 e. The van der Waals surface area contributed by atoms with Crippen LogP contribution in [0.4, 0.5) is 9.18 Å². The van der Waals surface area contributed by atoms with Crippen molar-refractivity contribution in [3.05, 3.63) is 48.0 Å². The van der Waals surface area contributed by atoms with Crippen LogP contribution in [0.2, 0.25) is 0 Å². The number of benzene rings is 1. The standard InChI is InChI=1S/C18H20FN3O3/c1-12-17(23)20-7-3-8-22(12)18(24)21-11-14-6-5-13(10-15(14)19)16-4-2-9-25-16/h2,4-6,9-10,12H,3,7-8,11H2,1H3,(H,20,23)(H,21,24)/t12-/m1/s1. The summed E-state index contributed by atoms with van der Waals surface area (Å²) in [6.07, 6.45) is 2.22. The molecule has 132 valence electrons. The molecule has 1 aromatic heterocycles. The Bertz CT molecular complexity index is 761. The third-order valence-electron chi connectivity index (χ3n) is 4.27. The quantitative estimate of drug-likeness (QED) is 0.898. The summed E-state index contributed by atoms with van der Waals surface area (Å²) in [6.45, 7) is 2.76. The maximum absolute atomic E-state index is 14.3. The van der Waals surface area contributed by atoms with Gasteiger partial charge in [0.05, 0.1) is 6.26 Å². The van der Waals surface area contributed by atoms with Crippen LogP contribution in [-0.4, -0.2) is 36.0 Å². The highest BCUT2D eigenvalue weighted by Crippen LogP contribution is 2.22. The largest absolute Gasteiger partial charge is 0.464 e. The maximum atomic E-state index is 14.3. The number of urea groups is 1. The molecule has 1 aliphatic heterocycles. The number of rotatable bonds is 3. The summed E-state index contributed by atoms with van der Waals surface area (Å²) >= 11 is 0. The molecule has 2 aromatic rings. The van der Waals surface area contributed by atoms with Gasteiger partial charge in [0, 0.05) is 30.8 Å². The predicted octanol–water partition coefficient (Wildman–Crippen LogP) is 2.51. The third kappa shape index (κ3) is 3.81. The van der Waals surface area contributed by atoms with Crippen LogP contribution in [0.25, 0.3) is 11.3 Å². The average molecular weight is 345 g/mol. The third-order valence-corrected chi connectivity index (χ3v) is 4.27. The Morgan fingerprint density at radius 3 is 3.00 bits per heavy atom. The molecular weight excluding hydrogens is 325 g/mol. The van der Waals surface area contributed by atoms with Crippen molar-refractivity contribution in [1.82, 2.24) is 15.5 Å². The van der Waals surface area contributed by atoms with E-state index in [0.717, 1.165) is 0 Å². The molecule has 1 atom stereocenters. The monoisotopic (exact) mass is 345 g/mol. The van der Waals surface area contributed by atoms with Crippen LogP contribution in [-0.2, 0) is 11.3 Å². The molecule has 0 unspecified atom stereocenters. The molecule has 6 nitrogen and oxygen atoms in total. The molecule has 0 spiro atoms. The van der Waals surface area contributed by atoms with Gasteiger partial charge in [-0.25, -0.2) is 9.18 Å². The van der Waals surface area contributed by atoms with Crippen LogP contribution in [0.1, 0.15) is 18.9 Å². The molecule has 0 aliphatic carbocycles. The highest BCUT2D eigenvalue weighted by Gasteiger charge is 2.27. The normalized spacial score (nSPS) is 17.8. The molecule has 1 fully saturated rings. The van der Waals surface area contributed by atoms with Gasteiger partial charge in [0.15, 0.2) is 0 Å². The van der Waals surface area contributed by atoms with Gasteiger partial charge in [-0.05, 0) is 31.5 Å². The zero-order chi connectivity index (χ0) is 17.8. The van der Waals surface area contributed by atoms with E-state index < -0.39 is 11.9 Å². The molecule has 1 saturated heterocycles. The second kappa shape index (κ2) is 7.38. The summed E-state index contributed by atoms with van der Waals surface area (Å²) < 4.78 is 19.5. The molecule has 3 rings (SSSR count). The van der Waals surface area contributed by atoms with E-state index >= 15 is 0 Å². The van der Waals surface area contributed by atoms with Crippen molar-refractivity contribution in [2.75, 3.05) is 13.1 Å². The van der Waals surface area contributed by atoms with Gasteiger partial charge in [0.2, 0.25) is 5.91 Å². The van der Waals surface area contributed by atoms with E-state index in [4.69, 9.17) is 4.42 Å². The van der Waals surface area contributed by atoms with Crippen LogP contribution < -0.4 is 10.6 Å². The van der Waals surface area contributed by atoms with Crippen LogP contribution >= 0.6 is 0 Å². The van der Waals surface area contributed by atoms with Gasteiger partial charge in [-0.3, -0.25) is 4.79 Å². The molecule has 3 amide bonds. The minimum absolute atomic E-state index is 0.0495. The van der Waals surface area contributed by atoms with Gasteiger partial charge in [0.1, 0.15) is 17.6 Å². The van der Waals surface area contributed by atoms with Crippen molar-refractivity contribution in [2.45, 2.75) is 25.9 Å². The Balaban J connectivity index is 1.65. The highest BCUT2D eigenvalue weighted by molar-refractivity contribution is 5.87. The Labute approximate surface area is 145 Å². The number of carbonyl (C=O) groups is 2. The van der Waals surface area contributed by atoms with Crippen LogP contribution in [0.5, 0.6) is 0 Å². The summed E-state index contributed by atoms with van der Waals surface area (Å²) in [6, 6.07) is 7.30. The molecule has 25 heavy (non-hydrogen) atoms. The van der Waals surface area contributed by atoms with Crippen molar-refractivity contribution >= 4 is 11.9 Å². The van der Waals surface area contributed by atoms with Gasteiger partial charge in [-0.2, -0.15) is 0 Å². The van der Waals surface area contributed by atoms with E-state index in [9.17, 15) is 14.0 Å². The highest BCUT2D eigenvalue weighted by atomic mass is 19.1. The Hall–Kier alpha value is -2.83. The number of carbonyl (C=O) groups excluding carboxylic acids is 2. The van der Waals surface area contributed by atoms with E-state index in [2.05, 4.69) is 10.6 Å². The lowest BCUT2D eigenvalue weighted by Crippen LogP contribution is -2.49. The second-order valence-corrected chi connectivity index (χ2v) is 5.96. The lowest BCUT2D eigenvalue weighted by molar-refractivity contribution is -0.124. The first-order valence-electron chi connectivity index (χ1n) is 8.21. The number of halogens is 1. The van der Waals surface area contributed by atoms with Crippen LogP contribution in [0.15, 0.2) is 41.0 Å². The molecular formula is C18H20FN3O3. The minimum atomic E-state index is -0.548. The Morgan fingerprint density at radius 1 is 1.44 bits per heavy atom. The van der Waals surface area contributed by atoms with E-state index in [1.807, 2.05) is 0 Å². The molecule has 0 radical (unpaired) electrons.